The fraction of sp³-hybridized carbons (Fsp3) is 0.600. The number of hydrogen-bond acceptors (Lipinski definition) is 6. The molecule has 7 nitrogen and oxygen atoms in total. The van der Waals surface area contributed by atoms with Gasteiger partial charge >= 0.3 is 0 Å². The second-order valence-electron chi connectivity index (χ2n) is 8.39. The number of fused-ring (bicyclic) bond motifs is 1. The Balaban J connectivity index is 1.81. The van der Waals surface area contributed by atoms with Gasteiger partial charge in [-0.05, 0) is 19.8 Å². The number of aromatic nitrogens is 5. The van der Waals surface area contributed by atoms with E-state index < -0.39 is 0 Å². The summed E-state index contributed by atoms with van der Waals surface area (Å²) >= 11 is 0. The van der Waals surface area contributed by atoms with Gasteiger partial charge in [0, 0.05) is 24.2 Å². The number of nitrogens with one attached hydrogen (secondary N) is 1. The van der Waals surface area contributed by atoms with Gasteiger partial charge in [-0.2, -0.15) is 5.10 Å². The van der Waals surface area contributed by atoms with Crippen LogP contribution in [0, 0.1) is 0 Å². The highest BCUT2D eigenvalue weighted by Crippen LogP contribution is 2.36. The van der Waals surface area contributed by atoms with E-state index in [1.54, 1.807) is 0 Å². The van der Waals surface area contributed by atoms with Crippen LogP contribution in [0.1, 0.15) is 65.7 Å². The topological polar surface area (TPSA) is 81.7 Å². The minimum Gasteiger partial charge on any atom is -0.420 e. The fourth-order valence-corrected chi connectivity index (χ4v) is 3.66. The van der Waals surface area contributed by atoms with Crippen LogP contribution in [0.2, 0.25) is 0 Å². The predicted octanol–water partition coefficient (Wildman–Crippen LogP) is 4.54. The van der Waals surface area contributed by atoms with E-state index in [2.05, 4.69) is 53.3 Å². The Kier molecular flexibility index (Phi) is 4.61. The average molecular weight is 368 g/mol. The van der Waals surface area contributed by atoms with Crippen molar-refractivity contribution in [3.05, 3.63) is 18.3 Å². The van der Waals surface area contributed by atoms with Gasteiger partial charge in [0.2, 0.25) is 5.89 Å². The number of pyridine rings is 1. The first kappa shape index (κ1) is 17.9. The maximum atomic E-state index is 6.02. The van der Waals surface area contributed by atoms with Crippen LogP contribution in [-0.2, 0) is 12.0 Å². The monoisotopic (exact) mass is 368 g/mol. The van der Waals surface area contributed by atoms with E-state index in [0.29, 0.717) is 17.8 Å². The summed E-state index contributed by atoms with van der Waals surface area (Å²) in [5.41, 5.74) is 2.56. The van der Waals surface area contributed by atoms with E-state index in [9.17, 15) is 0 Å². The van der Waals surface area contributed by atoms with Gasteiger partial charge in [0.1, 0.15) is 0 Å². The second kappa shape index (κ2) is 6.94. The predicted molar refractivity (Wildman–Crippen MR) is 106 cm³/mol. The molecule has 3 heterocycles. The minimum atomic E-state index is -0.188. The van der Waals surface area contributed by atoms with Crippen molar-refractivity contribution in [2.75, 3.05) is 5.32 Å². The Morgan fingerprint density at radius 3 is 2.59 bits per heavy atom. The average Bonchev–Trinajstić information content (AvgIpc) is 3.29. The molecule has 3 aromatic heterocycles. The molecule has 0 unspecified atom stereocenters. The third-order valence-corrected chi connectivity index (χ3v) is 5.22. The molecule has 0 aromatic carbocycles. The first-order chi connectivity index (χ1) is 13.0. The third kappa shape index (κ3) is 3.42. The lowest BCUT2D eigenvalue weighted by atomic mass is 9.95. The van der Waals surface area contributed by atoms with Crippen molar-refractivity contribution in [1.82, 2.24) is 25.0 Å². The van der Waals surface area contributed by atoms with Gasteiger partial charge < -0.3 is 9.73 Å². The van der Waals surface area contributed by atoms with Crippen LogP contribution in [-0.4, -0.2) is 31.0 Å². The number of nitrogens with zero attached hydrogens (tertiary/aromatic N) is 5. The Morgan fingerprint density at radius 2 is 1.93 bits per heavy atom. The molecule has 1 N–H and O–H groups in total. The smallest absolute Gasteiger partial charge is 0.251 e. The lowest BCUT2D eigenvalue weighted by molar-refractivity contribution is 0.399. The molecule has 0 atom stereocenters. The Morgan fingerprint density at radius 1 is 1.15 bits per heavy atom. The van der Waals surface area contributed by atoms with Crippen LogP contribution in [0.4, 0.5) is 5.69 Å². The molecular formula is C20H28N6O. The summed E-state index contributed by atoms with van der Waals surface area (Å²) in [6, 6.07) is 0.457. The fourth-order valence-electron chi connectivity index (χ4n) is 3.66. The van der Waals surface area contributed by atoms with Crippen molar-refractivity contribution < 1.29 is 4.42 Å². The zero-order valence-corrected chi connectivity index (χ0v) is 16.6. The highest BCUT2D eigenvalue weighted by molar-refractivity contribution is 5.96. The molecule has 1 fully saturated rings. The summed E-state index contributed by atoms with van der Waals surface area (Å²) in [6.45, 7) is 9.06. The van der Waals surface area contributed by atoms with Crippen LogP contribution >= 0.6 is 0 Å². The number of rotatable bonds is 4. The van der Waals surface area contributed by atoms with Crippen molar-refractivity contribution in [1.29, 1.82) is 0 Å². The Hall–Kier alpha value is -2.44. The third-order valence-electron chi connectivity index (χ3n) is 5.22. The van der Waals surface area contributed by atoms with E-state index in [-0.39, 0.29) is 5.41 Å². The van der Waals surface area contributed by atoms with Gasteiger partial charge in [-0.25, -0.2) is 9.67 Å². The quantitative estimate of drug-likeness (QED) is 0.728. The molecule has 0 aliphatic heterocycles. The molecular weight excluding hydrogens is 340 g/mol. The Labute approximate surface area is 159 Å². The summed E-state index contributed by atoms with van der Waals surface area (Å²) in [4.78, 5) is 4.65. The van der Waals surface area contributed by atoms with Crippen molar-refractivity contribution in [2.45, 2.75) is 77.8 Å². The summed E-state index contributed by atoms with van der Waals surface area (Å²) < 4.78 is 7.93. The zero-order chi connectivity index (χ0) is 19.0. The van der Waals surface area contributed by atoms with Crippen molar-refractivity contribution in [3.8, 4) is 11.5 Å². The molecule has 3 aromatic rings. The van der Waals surface area contributed by atoms with Crippen LogP contribution in [0.5, 0.6) is 0 Å². The van der Waals surface area contributed by atoms with E-state index in [1.165, 1.54) is 32.1 Å². The first-order valence-corrected chi connectivity index (χ1v) is 9.92. The molecule has 27 heavy (non-hydrogen) atoms. The van der Waals surface area contributed by atoms with Crippen molar-refractivity contribution in [2.24, 2.45) is 0 Å². The SMILES string of the molecule is CCn1ncc2c(NC3CCCCC3)c(-c3nnc(C(C)(C)C)o3)cnc21. The zero-order valence-electron chi connectivity index (χ0n) is 16.6. The molecule has 0 amide bonds. The van der Waals surface area contributed by atoms with Gasteiger partial charge in [0.05, 0.1) is 22.8 Å². The molecule has 7 heteroatoms. The van der Waals surface area contributed by atoms with Gasteiger partial charge in [-0.15, -0.1) is 10.2 Å². The molecule has 1 saturated carbocycles. The minimum absolute atomic E-state index is 0.188. The molecule has 1 aliphatic rings. The maximum Gasteiger partial charge on any atom is 0.251 e. The summed E-state index contributed by atoms with van der Waals surface area (Å²) in [7, 11) is 0. The van der Waals surface area contributed by atoms with E-state index in [0.717, 1.165) is 28.8 Å². The standard InChI is InChI=1S/C20H28N6O/c1-5-26-17-14(12-22-26)16(23-13-9-7-6-8-10-13)15(11-21-17)18-24-25-19(27-18)20(2,3)4/h11-13H,5-10H2,1-4H3,(H,21,23). The highest BCUT2D eigenvalue weighted by Gasteiger charge is 2.25. The summed E-state index contributed by atoms with van der Waals surface area (Å²) in [6.07, 6.45) is 9.95. The molecule has 0 bridgehead atoms. The van der Waals surface area contributed by atoms with Gasteiger partial charge in [0.15, 0.2) is 5.65 Å². The normalized spacial score (nSPS) is 16.1. The van der Waals surface area contributed by atoms with Crippen molar-refractivity contribution in [3.63, 3.8) is 0 Å². The maximum absolute atomic E-state index is 6.02. The highest BCUT2D eigenvalue weighted by atomic mass is 16.4. The van der Waals surface area contributed by atoms with Crippen LogP contribution in [0.15, 0.2) is 16.8 Å². The van der Waals surface area contributed by atoms with Gasteiger partial charge in [-0.3, -0.25) is 0 Å². The van der Waals surface area contributed by atoms with Crippen molar-refractivity contribution >= 4 is 16.7 Å². The van der Waals surface area contributed by atoms with Crippen LogP contribution in [0.3, 0.4) is 0 Å². The van der Waals surface area contributed by atoms with Crippen LogP contribution in [0.25, 0.3) is 22.5 Å². The second-order valence-corrected chi connectivity index (χ2v) is 8.39. The van der Waals surface area contributed by atoms with Gasteiger partial charge in [-0.1, -0.05) is 40.0 Å². The lowest BCUT2D eigenvalue weighted by Crippen LogP contribution is -2.22. The molecule has 0 saturated heterocycles. The molecule has 4 rings (SSSR count). The summed E-state index contributed by atoms with van der Waals surface area (Å²) in [5.74, 6) is 1.14. The molecule has 1 aliphatic carbocycles. The molecule has 0 spiro atoms. The number of aryl methyl sites for hydroxylation is 1. The van der Waals surface area contributed by atoms with E-state index >= 15 is 0 Å². The Bertz CT molecular complexity index is 930. The van der Waals surface area contributed by atoms with E-state index in [4.69, 9.17) is 4.42 Å². The first-order valence-electron chi connectivity index (χ1n) is 9.92. The molecule has 144 valence electrons. The number of anilines is 1. The van der Waals surface area contributed by atoms with Gasteiger partial charge in [0.25, 0.3) is 5.89 Å². The largest absolute Gasteiger partial charge is 0.420 e. The number of hydrogen-bond donors (Lipinski definition) is 1. The van der Waals surface area contributed by atoms with Crippen LogP contribution < -0.4 is 5.32 Å². The molecule has 0 radical (unpaired) electrons. The summed E-state index contributed by atoms with van der Waals surface area (Å²) in [5, 5.41) is 17.8. The van der Waals surface area contributed by atoms with E-state index in [1.807, 2.05) is 17.1 Å². The lowest BCUT2D eigenvalue weighted by Gasteiger charge is -2.25.